The normalized spacial score (nSPS) is 20.8. The third-order valence-electron chi connectivity index (χ3n) is 2.45. The fourth-order valence-corrected chi connectivity index (χ4v) is 1.83. The second-order valence-electron chi connectivity index (χ2n) is 3.50. The van der Waals surface area contributed by atoms with E-state index < -0.39 is 11.9 Å². The third kappa shape index (κ3) is 2.25. The summed E-state index contributed by atoms with van der Waals surface area (Å²) in [6.45, 7) is 1.43. The van der Waals surface area contributed by atoms with Crippen LogP contribution in [0.3, 0.4) is 0 Å². The van der Waals surface area contributed by atoms with Crippen LogP contribution in [0.4, 0.5) is 5.82 Å². The van der Waals surface area contributed by atoms with Crippen LogP contribution in [-0.2, 0) is 9.53 Å². The highest BCUT2D eigenvalue weighted by atomic mass is 35.5. The third-order valence-corrected chi connectivity index (χ3v) is 2.66. The summed E-state index contributed by atoms with van der Waals surface area (Å²) in [6, 6.07) is 4.80. The first kappa shape index (κ1) is 11.2. The first-order valence-electron chi connectivity index (χ1n) is 4.95. The van der Waals surface area contributed by atoms with Crippen molar-refractivity contribution in [3.05, 3.63) is 23.4 Å². The van der Waals surface area contributed by atoms with Gasteiger partial charge in [0.15, 0.2) is 0 Å². The van der Waals surface area contributed by atoms with Gasteiger partial charge in [0.05, 0.1) is 13.2 Å². The summed E-state index contributed by atoms with van der Waals surface area (Å²) < 4.78 is 5.22. The number of nitrogens with zero attached hydrogens (tertiary/aromatic N) is 2. The fraction of sp³-hybridized carbons (Fsp3) is 0.400. The molecule has 2 rings (SSSR count). The zero-order chi connectivity index (χ0) is 11.5. The van der Waals surface area contributed by atoms with Crippen molar-refractivity contribution < 1.29 is 9.53 Å². The molecule has 5 nitrogen and oxygen atoms in total. The van der Waals surface area contributed by atoms with Gasteiger partial charge in [-0.15, -0.1) is 0 Å². The van der Waals surface area contributed by atoms with E-state index in [4.69, 9.17) is 22.1 Å². The average Bonchev–Trinajstić information content (AvgIpc) is 2.29. The van der Waals surface area contributed by atoms with Gasteiger partial charge in [0.25, 0.3) is 0 Å². The maximum absolute atomic E-state index is 11.3. The van der Waals surface area contributed by atoms with Gasteiger partial charge in [0.1, 0.15) is 17.0 Å². The monoisotopic (exact) mass is 241 g/mol. The highest BCUT2D eigenvalue weighted by Gasteiger charge is 2.28. The van der Waals surface area contributed by atoms with Crippen LogP contribution >= 0.6 is 11.6 Å². The molecular formula is C10H12ClN3O2. The van der Waals surface area contributed by atoms with Crippen LogP contribution in [0.15, 0.2) is 18.2 Å². The summed E-state index contributed by atoms with van der Waals surface area (Å²) in [6.07, 6.45) is 0. The molecule has 1 aromatic heterocycles. The molecule has 0 radical (unpaired) electrons. The molecule has 0 bridgehead atoms. The quantitative estimate of drug-likeness (QED) is 0.763. The van der Waals surface area contributed by atoms with Crippen molar-refractivity contribution in [3.8, 4) is 0 Å². The van der Waals surface area contributed by atoms with Crippen molar-refractivity contribution in [2.24, 2.45) is 5.73 Å². The van der Waals surface area contributed by atoms with Gasteiger partial charge >= 0.3 is 0 Å². The van der Waals surface area contributed by atoms with E-state index in [2.05, 4.69) is 4.98 Å². The van der Waals surface area contributed by atoms with Crippen molar-refractivity contribution in [2.75, 3.05) is 24.7 Å². The topological polar surface area (TPSA) is 68.5 Å². The molecule has 0 aromatic carbocycles. The molecule has 6 heteroatoms. The van der Waals surface area contributed by atoms with E-state index >= 15 is 0 Å². The number of morpholine rings is 1. The lowest BCUT2D eigenvalue weighted by atomic mass is 10.2. The molecule has 1 fully saturated rings. The Morgan fingerprint density at radius 1 is 1.62 bits per heavy atom. The van der Waals surface area contributed by atoms with Gasteiger partial charge in [-0.2, -0.15) is 0 Å². The molecule has 0 saturated carbocycles. The van der Waals surface area contributed by atoms with E-state index in [0.29, 0.717) is 30.7 Å². The van der Waals surface area contributed by atoms with Gasteiger partial charge in [-0.25, -0.2) is 4.98 Å². The Morgan fingerprint density at radius 3 is 3.12 bits per heavy atom. The highest BCUT2D eigenvalue weighted by molar-refractivity contribution is 6.29. The van der Waals surface area contributed by atoms with Crippen LogP contribution < -0.4 is 10.6 Å². The van der Waals surface area contributed by atoms with E-state index in [9.17, 15) is 4.79 Å². The number of nitrogens with two attached hydrogens (primary N) is 1. The van der Waals surface area contributed by atoms with Gasteiger partial charge in [0.2, 0.25) is 5.91 Å². The zero-order valence-electron chi connectivity index (χ0n) is 8.60. The number of carbonyl (C=O) groups is 1. The van der Waals surface area contributed by atoms with E-state index in [-0.39, 0.29) is 0 Å². The number of aromatic nitrogens is 1. The number of amides is 1. The maximum Gasteiger partial charge on any atom is 0.242 e. The van der Waals surface area contributed by atoms with E-state index in [1.165, 1.54) is 0 Å². The molecule has 1 atom stereocenters. The molecule has 1 aromatic rings. The van der Waals surface area contributed by atoms with Gasteiger partial charge in [-0.3, -0.25) is 4.79 Å². The number of primary amides is 1. The predicted molar refractivity (Wildman–Crippen MR) is 60.4 cm³/mol. The molecule has 16 heavy (non-hydrogen) atoms. The van der Waals surface area contributed by atoms with Crippen LogP contribution in [-0.4, -0.2) is 36.7 Å². The minimum atomic E-state index is -0.472. The van der Waals surface area contributed by atoms with Crippen molar-refractivity contribution >= 4 is 23.3 Å². The lowest BCUT2D eigenvalue weighted by Gasteiger charge is -2.34. The summed E-state index contributed by atoms with van der Waals surface area (Å²) in [5, 5.41) is 0.396. The number of halogens is 1. The molecule has 1 amide bonds. The molecule has 86 valence electrons. The smallest absolute Gasteiger partial charge is 0.242 e. The maximum atomic E-state index is 11.3. The van der Waals surface area contributed by atoms with Crippen molar-refractivity contribution in [2.45, 2.75) is 6.04 Å². The van der Waals surface area contributed by atoms with Crippen molar-refractivity contribution in [1.82, 2.24) is 4.98 Å². The van der Waals surface area contributed by atoms with Crippen LogP contribution in [0.2, 0.25) is 5.15 Å². The number of ether oxygens (including phenoxy) is 1. The van der Waals surface area contributed by atoms with E-state index in [1.807, 2.05) is 4.90 Å². The van der Waals surface area contributed by atoms with E-state index in [0.717, 1.165) is 0 Å². The van der Waals surface area contributed by atoms with Gasteiger partial charge in [0, 0.05) is 6.54 Å². The van der Waals surface area contributed by atoms with Crippen molar-refractivity contribution in [1.29, 1.82) is 0 Å². The standard InChI is InChI=1S/C10H12ClN3O2/c11-8-2-1-3-9(13-8)14-4-5-16-6-7(14)10(12)15/h1-3,7H,4-6H2,(H2,12,15). The molecule has 0 spiro atoms. The molecule has 0 aliphatic carbocycles. The largest absolute Gasteiger partial charge is 0.377 e. The van der Waals surface area contributed by atoms with Gasteiger partial charge < -0.3 is 15.4 Å². The van der Waals surface area contributed by atoms with Crippen LogP contribution in [0.25, 0.3) is 0 Å². The summed E-state index contributed by atoms with van der Waals surface area (Å²) in [4.78, 5) is 17.2. The Kier molecular flexibility index (Phi) is 3.26. The van der Waals surface area contributed by atoms with Crippen LogP contribution in [0.5, 0.6) is 0 Å². The Labute approximate surface area is 98.1 Å². The highest BCUT2D eigenvalue weighted by Crippen LogP contribution is 2.19. The number of pyridine rings is 1. The lowest BCUT2D eigenvalue weighted by Crippen LogP contribution is -2.53. The Balaban J connectivity index is 2.26. The first-order chi connectivity index (χ1) is 7.68. The Hall–Kier alpha value is -1.33. The number of anilines is 1. The fourth-order valence-electron chi connectivity index (χ4n) is 1.67. The summed E-state index contributed by atoms with van der Waals surface area (Å²) in [5.41, 5.74) is 5.31. The molecular weight excluding hydrogens is 230 g/mol. The molecule has 2 heterocycles. The number of hydrogen-bond acceptors (Lipinski definition) is 4. The summed E-state index contributed by atoms with van der Waals surface area (Å²) in [7, 11) is 0. The van der Waals surface area contributed by atoms with E-state index in [1.54, 1.807) is 18.2 Å². The summed E-state index contributed by atoms with van der Waals surface area (Å²) in [5.74, 6) is 0.237. The molecule has 2 N–H and O–H groups in total. The van der Waals surface area contributed by atoms with Crippen LogP contribution in [0.1, 0.15) is 0 Å². The number of rotatable bonds is 2. The Morgan fingerprint density at radius 2 is 2.44 bits per heavy atom. The van der Waals surface area contributed by atoms with Gasteiger partial charge in [-0.05, 0) is 12.1 Å². The molecule has 1 aliphatic heterocycles. The summed E-state index contributed by atoms with van der Waals surface area (Å²) >= 11 is 5.81. The molecule has 1 saturated heterocycles. The predicted octanol–water partition coefficient (Wildman–Crippen LogP) is 0.425. The average molecular weight is 242 g/mol. The zero-order valence-corrected chi connectivity index (χ0v) is 9.35. The van der Waals surface area contributed by atoms with Gasteiger partial charge in [-0.1, -0.05) is 17.7 Å². The van der Waals surface area contributed by atoms with Crippen molar-refractivity contribution in [3.63, 3.8) is 0 Å². The number of hydrogen-bond donors (Lipinski definition) is 1. The lowest BCUT2D eigenvalue weighted by molar-refractivity contribution is -0.121. The van der Waals surface area contributed by atoms with Crippen LogP contribution in [0, 0.1) is 0 Å². The minimum absolute atomic E-state index is 0.295. The minimum Gasteiger partial charge on any atom is -0.377 e. The second-order valence-corrected chi connectivity index (χ2v) is 3.89. The molecule has 1 aliphatic rings. The second kappa shape index (κ2) is 4.67. The first-order valence-corrected chi connectivity index (χ1v) is 5.32. The number of carbonyl (C=O) groups excluding carboxylic acids is 1. The SMILES string of the molecule is NC(=O)C1COCCN1c1cccc(Cl)n1. The Bertz CT molecular complexity index is 399. The molecule has 1 unspecified atom stereocenters.